The summed E-state index contributed by atoms with van der Waals surface area (Å²) in [5.74, 6) is -0.167. The van der Waals surface area contributed by atoms with E-state index in [2.05, 4.69) is 57.1 Å². The first-order valence-corrected chi connectivity index (χ1v) is 19.1. The van der Waals surface area contributed by atoms with Crippen molar-refractivity contribution < 1.29 is 39.5 Å². The van der Waals surface area contributed by atoms with E-state index in [1.807, 2.05) is 69.4 Å². The Bertz CT molecular complexity index is 2280. The quantitative estimate of drug-likeness (QED) is 0.0879. The first-order chi connectivity index (χ1) is 23.8. The van der Waals surface area contributed by atoms with Crippen LogP contribution >= 0.6 is 90.4 Å². The monoisotopic (exact) mass is 1120 g/mol. The molecule has 0 radical (unpaired) electrons. The van der Waals surface area contributed by atoms with Crippen LogP contribution in [0.25, 0.3) is 12.2 Å². The standard InChI is InChI=1S/C37H25I4NO8/c1-17-6-7-22-31(10-17)50-34-23(32(22)20-4-2-3-5-21(20)36(45)46)8-9-30(43)24(34)16-42-29(37(47)48)13-18-11-27(40)35(28(41)12-18)49-19-14-25(38)33(44)26(39)15-19/h2-12,14-15,29,42-44H,1,13,16H2,(H,45,46)(H,47,48). The topological polar surface area (TPSA) is 146 Å². The maximum Gasteiger partial charge on any atom is 0.336 e. The van der Waals surface area contributed by atoms with Gasteiger partial charge in [0.2, 0.25) is 0 Å². The van der Waals surface area contributed by atoms with Gasteiger partial charge in [-0.15, -0.1) is 0 Å². The number of nitrogens with one attached hydrogen (secondary N) is 1. The smallest absolute Gasteiger partial charge is 0.336 e. The maximum absolute atomic E-state index is 12.5. The minimum Gasteiger partial charge on any atom is -0.507 e. The molecule has 5 aromatic rings. The highest BCUT2D eigenvalue weighted by Gasteiger charge is 2.28. The van der Waals surface area contributed by atoms with Crippen molar-refractivity contribution in [2.75, 3.05) is 0 Å². The van der Waals surface area contributed by atoms with E-state index in [0.29, 0.717) is 62.8 Å². The number of rotatable bonds is 10. The molecule has 9 nitrogen and oxygen atoms in total. The summed E-state index contributed by atoms with van der Waals surface area (Å²) in [6, 6.07) is 21.4. The van der Waals surface area contributed by atoms with Gasteiger partial charge >= 0.3 is 11.9 Å². The number of benzene rings is 5. The van der Waals surface area contributed by atoms with Crippen LogP contribution in [0.2, 0.25) is 0 Å². The molecule has 5 N–H and O–H groups in total. The highest BCUT2D eigenvalue weighted by Crippen LogP contribution is 2.43. The van der Waals surface area contributed by atoms with Crippen molar-refractivity contribution in [1.82, 2.24) is 5.32 Å². The zero-order chi connectivity index (χ0) is 35.9. The molecule has 0 saturated carbocycles. The summed E-state index contributed by atoms with van der Waals surface area (Å²) in [6.45, 7) is 3.94. The number of phenolic OH excluding ortho intramolecular Hbond substituents is 2. The minimum atomic E-state index is -1.09. The molecule has 0 aliphatic carbocycles. The predicted molar refractivity (Wildman–Crippen MR) is 222 cm³/mol. The molecule has 1 aliphatic rings. The van der Waals surface area contributed by atoms with E-state index in [-0.39, 0.29) is 30.0 Å². The molecule has 254 valence electrons. The van der Waals surface area contributed by atoms with Gasteiger partial charge in [0.05, 0.1) is 25.4 Å². The molecular formula is C37H25I4NO8. The van der Waals surface area contributed by atoms with E-state index in [0.717, 1.165) is 12.7 Å². The van der Waals surface area contributed by atoms with Crippen LogP contribution in [-0.4, -0.2) is 38.4 Å². The Labute approximate surface area is 340 Å². The molecule has 1 atom stereocenters. The predicted octanol–water partition coefficient (Wildman–Crippen LogP) is 7.56. The van der Waals surface area contributed by atoms with Crippen molar-refractivity contribution in [2.24, 2.45) is 0 Å². The van der Waals surface area contributed by atoms with Crippen LogP contribution in [0.3, 0.4) is 0 Å². The minimum absolute atomic E-state index is 0.0628. The van der Waals surface area contributed by atoms with Crippen LogP contribution in [0.5, 0.6) is 34.5 Å². The van der Waals surface area contributed by atoms with E-state index >= 15 is 0 Å². The molecule has 6 rings (SSSR count). The van der Waals surface area contributed by atoms with E-state index in [9.17, 15) is 30.0 Å². The third-order valence-electron chi connectivity index (χ3n) is 7.99. The average Bonchev–Trinajstić information content (AvgIpc) is 3.06. The molecule has 1 aliphatic heterocycles. The number of halogens is 4. The number of hydrogen-bond donors (Lipinski definition) is 5. The number of aromatic carboxylic acids is 1. The van der Waals surface area contributed by atoms with Gasteiger partial charge in [-0.05, 0) is 162 Å². The van der Waals surface area contributed by atoms with Crippen molar-refractivity contribution in [2.45, 2.75) is 19.0 Å². The zero-order valence-electron chi connectivity index (χ0n) is 25.6. The van der Waals surface area contributed by atoms with Gasteiger partial charge in [0.1, 0.15) is 34.8 Å². The van der Waals surface area contributed by atoms with Crippen LogP contribution < -0.4 is 25.2 Å². The zero-order valence-corrected chi connectivity index (χ0v) is 34.3. The molecule has 1 heterocycles. The highest BCUT2D eigenvalue weighted by atomic mass is 127. The van der Waals surface area contributed by atoms with E-state index < -0.39 is 18.0 Å². The summed E-state index contributed by atoms with van der Waals surface area (Å²) < 4.78 is 15.4. The summed E-state index contributed by atoms with van der Waals surface area (Å²) >= 11 is 8.40. The Morgan fingerprint density at radius 2 is 1.52 bits per heavy atom. The number of aliphatic carboxylic acids is 1. The third-order valence-corrected chi connectivity index (χ3v) is 11.2. The van der Waals surface area contributed by atoms with Gasteiger partial charge in [0.25, 0.3) is 0 Å². The molecular weight excluding hydrogens is 1090 g/mol. The van der Waals surface area contributed by atoms with Crippen molar-refractivity contribution in [3.63, 3.8) is 0 Å². The first-order valence-electron chi connectivity index (χ1n) is 14.8. The SMILES string of the molecule is C=c1ccc2c(c1)Oc1c(ccc(O)c1CNC(Cc1cc(I)c(Oc3cc(I)c(O)c(I)c3)c(I)c1)C(=O)O)C=2c1ccccc1C(=O)O. The van der Waals surface area contributed by atoms with Crippen LogP contribution in [0.4, 0.5) is 0 Å². The van der Waals surface area contributed by atoms with Crippen LogP contribution in [0, 0.1) is 14.3 Å². The summed E-state index contributed by atoms with van der Waals surface area (Å²) in [5.41, 5.74) is 2.83. The normalized spacial score (nSPS) is 12.4. The fraction of sp³-hybridized carbons (Fsp3) is 0.0811. The molecule has 0 bridgehead atoms. The fourth-order valence-electron chi connectivity index (χ4n) is 5.65. The number of hydrogen-bond acceptors (Lipinski definition) is 7. The van der Waals surface area contributed by atoms with Crippen molar-refractivity contribution in [1.29, 1.82) is 0 Å². The Morgan fingerprint density at radius 3 is 2.18 bits per heavy atom. The Morgan fingerprint density at radius 1 is 0.840 bits per heavy atom. The summed E-state index contributed by atoms with van der Waals surface area (Å²) in [7, 11) is 0. The van der Waals surface area contributed by atoms with Crippen molar-refractivity contribution >= 4 is 114 Å². The van der Waals surface area contributed by atoms with Crippen molar-refractivity contribution in [3.8, 4) is 34.5 Å². The van der Waals surface area contributed by atoms with Gasteiger partial charge < -0.3 is 29.9 Å². The molecule has 0 spiro atoms. The second-order valence-electron chi connectivity index (χ2n) is 11.3. The molecule has 0 fully saturated rings. The molecule has 5 aromatic carbocycles. The number of aromatic hydroxyl groups is 2. The maximum atomic E-state index is 12.5. The van der Waals surface area contributed by atoms with Gasteiger partial charge in [-0.3, -0.25) is 10.1 Å². The van der Waals surface area contributed by atoms with Crippen molar-refractivity contribution in [3.05, 3.63) is 131 Å². The molecule has 13 heteroatoms. The number of carbonyl (C=O) groups is 2. The summed E-state index contributed by atoms with van der Waals surface area (Å²) in [6.07, 6.45) is 0.129. The lowest BCUT2D eigenvalue weighted by molar-refractivity contribution is -0.139. The lowest BCUT2D eigenvalue weighted by Gasteiger charge is -2.25. The molecule has 0 amide bonds. The number of phenols is 2. The number of carboxylic acid groups (broad SMARTS) is 2. The Hall–Kier alpha value is -3.14. The first kappa shape index (κ1) is 36.6. The largest absolute Gasteiger partial charge is 0.507 e. The molecule has 0 saturated heterocycles. The van der Waals surface area contributed by atoms with Gasteiger partial charge in [0.15, 0.2) is 5.75 Å². The summed E-state index contributed by atoms with van der Waals surface area (Å²) in [4.78, 5) is 24.8. The molecule has 1 unspecified atom stereocenters. The second kappa shape index (κ2) is 15.2. The molecule has 50 heavy (non-hydrogen) atoms. The lowest BCUT2D eigenvalue weighted by Crippen LogP contribution is -2.38. The molecule has 0 aromatic heterocycles. The number of carboxylic acids is 2. The van der Waals surface area contributed by atoms with Crippen LogP contribution in [0.1, 0.15) is 32.6 Å². The highest BCUT2D eigenvalue weighted by molar-refractivity contribution is 14.1. The number of fused-ring (bicyclic) bond motifs is 2. The lowest BCUT2D eigenvalue weighted by atomic mass is 9.88. The Balaban J connectivity index is 1.31. The fourth-order valence-corrected chi connectivity index (χ4v) is 9.48. The van der Waals surface area contributed by atoms with Gasteiger partial charge in [-0.1, -0.05) is 36.9 Å². The average molecular weight is 1120 g/mol. The van der Waals surface area contributed by atoms with Gasteiger partial charge in [0, 0.05) is 22.9 Å². The van der Waals surface area contributed by atoms with E-state index in [4.69, 9.17) is 9.47 Å². The second-order valence-corrected chi connectivity index (χ2v) is 15.9. The Kier molecular flexibility index (Phi) is 11.2. The third kappa shape index (κ3) is 7.56. The van der Waals surface area contributed by atoms with Gasteiger partial charge in [-0.2, -0.15) is 0 Å². The van der Waals surface area contributed by atoms with Gasteiger partial charge in [-0.25, -0.2) is 4.79 Å². The van der Waals surface area contributed by atoms with Crippen LogP contribution in [0.15, 0.2) is 78.9 Å². The van der Waals surface area contributed by atoms with E-state index in [1.54, 1.807) is 42.5 Å². The summed E-state index contributed by atoms with van der Waals surface area (Å²) in [5, 5.41) is 45.9. The number of ether oxygens (including phenoxy) is 2. The van der Waals surface area contributed by atoms with E-state index in [1.165, 1.54) is 12.1 Å². The van der Waals surface area contributed by atoms with Crippen LogP contribution in [-0.2, 0) is 17.8 Å².